The van der Waals surface area contributed by atoms with Crippen molar-refractivity contribution in [3.05, 3.63) is 0 Å². The third-order valence-corrected chi connectivity index (χ3v) is 2.81. The van der Waals surface area contributed by atoms with E-state index in [2.05, 4.69) is 20.7 Å². The van der Waals surface area contributed by atoms with Crippen molar-refractivity contribution in [1.29, 1.82) is 0 Å². The Kier molecular flexibility index (Phi) is 3.55. The third kappa shape index (κ3) is 2.64. The molecule has 2 fully saturated rings. The molecular weight excluding hydrogens is 164 g/mol. The molecule has 0 aromatic carbocycles. The van der Waals surface area contributed by atoms with Crippen LogP contribution in [-0.4, -0.2) is 62.4 Å². The highest BCUT2D eigenvalue weighted by Crippen LogP contribution is 2.02. The Bertz CT molecular complexity index is 137. The van der Waals surface area contributed by atoms with Crippen LogP contribution in [0.4, 0.5) is 0 Å². The Morgan fingerprint density at radius 2 is 1.15 bits per heavy atom. The molecule has 2 heterocycles. The lowest BCUT2D eigenvalue weighted by molar-refractivity contribution is -0.0285. The predicted octanol–water partition coefficient (Wildman–Crippen LogP) is -0.898. The maximum atomic E-state index is 3.43. The van der Waals surface area contributed by atoms with Crippen LogP contribution < -0.4 is 10.6 Å². The molecule has 76 valence electrons. The molecule has 0 aromatic heterocycles. The van der Waals surface area contributed by atoms with Gasteiger partial charge in [-0.05, 0) is 13.0 Å². The van der Waals surface area contributed by atoms with Gasteiger partial charge in [-0.15, -0.1) is 0 Å². The number of hydrogen-bond acceptors (Lipinski definition) is 4. The van der Waals surface area contributed by atoms with Crippen molar-refractivity contribution in [2.24, 2.45) is 0 Å². The fourth-order valence-electron chi connectivity index (χ4n) is 2.05. The first-order valence-electron chi connectivity index (χ1n) is 5.38. The summed E-state index contributed by atoms with van der Waals surface area (Å²) < 4.78 is 0. The molecule has 0 aliphatic carbocycles. The molecule has 0 aromatic rings. The first-order chi connectivity index (χ1) is 6.47. The summed E-state index contributed by atoms with van der Waals surface area (Å²) in [5.74, 6) is 0. The molecule has 0 amide bonds. The number of rotatable bonds is 1. The fraction of sp³-hybridized carbons (Fsp3) is 1.00. The van der Waals surface area contributed by atoms with E-state index in [9.17, 15) is 0 Å². The van der Waals surface area contributed by atoms with Crippen LogP contribution in [0.25, 0.3) is 0 Å². The normalized spacial score (nSPS) is 28.6. The molecule has 0 saturated carbocycles. The minimum absolute atomic E-state index is 1.14. The molecule has 0 bridgehead atoms. The lowest BCUT2D eigenvalue weighted by Crippen LogP contribution is -2.53. The van der Waals surface area contributed by atoms with Crippen molar-refractivity contribution < 1.29 is 0 Å². The summed E-state index contributed by atoms with van der Waals surface area (Å²) in [4.78, 5) is 0. The zero-order valence-electron chi connectivity index (χ0n) is 8.26. The van der Waals surface area contributed by atoms with E-state index in [0.29, 0.717) is 0 Å². The van der Waals surface area contributed by atoms with Gasteiger partial charge in [-0.2, -0.15) is 0 Å². The van der Waals surface area contributed by atoms with E-state index in [1.54, 1.807) is 0 Å². The van der Waals surface area contributed by atoms with E-state index >= 15 is 0 Å². The highest BCUT2D eigenvalue weighted by molar-refractivity contribution is 4.70. The summed E-state index contributed by atoms with van der Waals surface area (Å²) in [6, 6.07) is 0. The van der Waals surface area contributed by atoms with Gasteiger partial charge in [-0.3, -0.25) is 0 Å². The predicted molar refractivity (Wildman–Crippen MR) is 53.5 cm³/mol. The van der Waals surface area contributed by atoms with Gasteiger partial charge in [0.25, 0.3) is 0 Å². The van der Waals surface area contributed by atoms with Crippen LogP contribution in [0.15, 0.2) is 0 Å². The second-order valence-corrected chi connectivity index (χ2v) is 3.76. The second kappa shape index (κ2) is 4.91. The summed E-state index contributed by atoms with van der Waals surface area (Å²) in [6.07, 6.45) is 1.28. The molecule has 2 aliphatic rings. The van der Waals surface area contributed by atoms with Gasteiger partial charge in [0, 0.05) is 45.8 Å². The van der Waals surface area contributed by atoms with Gasteiger partial charge < -0.3 is 10.6 Å². The van der Waals surface area contributed by atoms with E-state index in [4.69, 9.17) is 0 Å². The van der Waals surface area contributed by atoms with Crippen LogP contribution in [0, 0.1) is 0 Å². The largest absolute Gasteiger partial charge is 0.315 e. The van der Waals surface area contributed by atoms with Gasteiger partial charge in [-0.25, -0.2) is 10.0 Å². The second-order valence-electron chi connectivity index (χ2n) is 3.76. The molecular formula is C9H20N4. The van der Waals surface area contributed by atoms with Crippen molar-refractivity contribution in [2.45, 2.75) is 6.42 Å². The van der Waals surface area contributed by atoms with Crippen molar-refractivity contribution >= 4 is 0 Å². The third-order valence-electron chi connectivity index (χ3n) is 2.81. The van der Waals surface area contributed by atoms with Crippen LogP contribution in [0.3, 0.4) is 0 Å². The van der Waals surface area contributed by atoms with Crippen LogP contribution in [0.5, 0.6) is 0 Å². The molecule has 2 N–H and O–H groups in total. The van der Waals surface area contributed by atoms with Crippen LogP contribution >= 0.6 is 0 Å². The van der Waals surface area contributed by atoms with Gasteiger partial charge in [0.15, 0.2) is 0 Å². The lowest BCUT2D eigenvalue weighted by atomic mass is 10.4. The number of piperazine rings is 1. The summed E-state index contributed by atoms with van der Waals surface area (Å²) >= 11 is 0. The molecule has 4 nitrogen and oxygen atoms in total. The van der Waals surface area contributed by atoms with Crippen LogP contribution in [-0.2, 0) is 0 Å². The van der Waals surface area contributed by atoms with Crippen molar-refractivity contribution in [3.63, 3.8) is 0 Å². The molecule has 2 rings (SSSR count). The monoisotopic (exact) mass is 184 g/mol. The van der Waals surface area contributed by atoms with Crippen molar-refractivity contribution in [2.75, 3.05) is 52.4 Å². The number of hydrazine groups is 1. The Morgan fingerprint density at radius 1 is 0.615 bits per heavy atom. The summed E-state index contributed by atoms with van der Waals surface area (Å²) in [7, 11) is 0. The topological polar surface area (TPSA) is 30.5 Å². The van der Waals surface area contributed by atoms with Gasteiger partial charge >= 0.3 is 0 Å². The van der Waals surface area contributed by atoms with Gasteiger partial charge in [-0.1, -0.05) is 0 Å². The first kappa shape index (κ1) is 9.40. The van der Waals surface area contributed by atoms with Crippen LogP contribution in [0.2, 0.25) is 0 Å². The maximum absolute atomic E-state index is 3.43. The zero-order chi connectivity index (χ0) is 8.93. The average molecular weight is 184 g/mol. The van der Waals surface area contributed by atoms with E-state index in [-0.39, 0.29) is 0 Å². The van der Waals surface area contributed by atoms with Gasteiger partial charge in [0.1, 0.15) is 0 Å². The highest BCUT2D eigenvalue weighted by atomic mass is 15.6. The minimum atomic E-state index is 1.14. The number of nitrogens with one attached hydrogen (secondary N) is 2. The van der Waals surface area contributed by atoms with Gasteiger partial charge in [0.2, 0.25) is 0 Å². The summed E-state index contributed by atoms with van der Waals surface area (Å²) in [6.45, 7) is 9.38. The van der Waals surface area contributed by atoms with E-state index in [1.165, 1.54) is 39.1 Å². The zero-order valence-corrected chi connectivity index (χ0v) is 8.26. The van der Waals surface area contributed by atoms with Gasteiger partial charge in [0.05, 0.1) is 0 Å². The molecule has 2 saturated heterocycles. The molecule has 0 unspecified atom stereocenters. The average Bonchev–Trinajstić information content (AvgIpc) is 2.47. The molecule has 2 aliphatic heterocycles. The molecule has 0 spiro atoms. The van der Waals surface area contributed by atoms with Crippen LogP contribution in [0.1, 0.15) is 6.42 Å². The SMILES string of the molecule is C1CNCCN(N2CCNCC2)C1. The number of hydrogen-bond donors (Lipinski definition) is 2. The molecule has 0 atom stereocenters. The maximum Gasteiger partial charge on any atom is 0.0259 e. The quantitative estimate of drug-likeness (QED) is 0.553. The highest BCUT2D eigenvalue weighted by Gasteiger charge is 2.18. The minimum Gasteiger partial charge on any atom is -0.315 e. The Hall–Kier alpha value is -0.160. The molecule has 13 heavy (non-hydrogen) atoms. The lowest BCUT2D eigenvalue weighted by Gasteiger charge is -2.36. The Morgan fingerprint density at radius 3 is 1.85 bits per heavy atom. The number of nitrogens with zero attached hydrogens (tertiary/aromatic N) is 2. The van der Waals surface area contributed by atoms with Crippen molar-refractivity contribution in [1.82, 2.24) is 20.7 Å². The summed E-state index contributed by atoms with van der Waals surface area (Å²) in [5.41, 5.74) is 0. The Balaban J connectivity index is 1.82. The van der Waals surface area contributed by atoms with E-state index in [0.717, 1.165) is 19.6 Å². The van der Waals surface area contributed by atoms with E-state index < -0.39 is 0 Å². The van der Waals surface area contributed by atoms with Crippen molar-refractivity contribution in [3.8, 4) is 0 Å². The summed E-state index contributed by atoms with van der Waals surface area (Å²) in [5, 5.41) is 11.8. The molecule has 4 heteroatoms. The first-order valence-corrected chi connectivity index (χ1v) is 5.38. The Labute approximate surface area is 80.2 Å². The smallest absolute Gasteiger partial charge is 0.0259 e. The standard InChI is InChI=1S/C9H20N4/c1-2-10-3-7-12(6-1)13-8-4-11-5-9-13/h10-11H,1-9H2. The van der Waals surface area contributed by atoms with E-state index in [1.807, 2.05) is 0 Å². The fourth-order valence-corrected chi connectivity index (χ4v) is 2.05. The molecule has 0 radical (unpaired) electrons.